The van der Waals surface area contributed by atoms with Crippen LogP contribution < -0.4 is 10.6 Å². The predicted molar refractivity (Wildman–Crippen MR) is 126 cm³/mol. The van der Waals surface area contributed by atoms with Gasteiger partial charge in [0.1, 0.15) is 0 Å². The second kappa shape index (κ2) is 10.1. The second-order valence-corrected chi connectivity index (χ2v) is 9.63. The lowest BCUT2D eigenvalue weighted by molar-refractivity contribution is -0.387. The third-order valence-corrected chi connectivity index (χ3v) is 6.56. The van der Waals surface area contributed by atoms with Crippen LogP contribution in [-0.4, -0.2) is 27.8 Å². The van der Waals surface area contributed by atoms with Crippen LogP contribution in [0.1, 0.15) is 40.3 Å². The van der Waals surface area contributed by atoms with Crippen molar-refractivity contribution in [1.82, 2.24) is 10.3 Å². The molecule has 8 nitrogen and oxygen atoms in total. The Hall–Kier alpha value is -2.95. The van der Waals surface area contributed by atoms with Crippen molar-refractivity contribution >= 4 is 57.9 Å². The molecule has 0 fully saturated rings. The molecule has 1 aromatic heterocycles. The number of nitro groups is 1. The highest BCUT2D eigenvalue weighted by Gasteiger charge is 2.20. The monoisotopic (exact) mass is 490 g/mol. The van der Waals surface area contributed by atoms with Crippen molar-refractivity contribution in [3.05, 3.63) is 73.7 Å². The van der Waals surface area contributed by atoms with Crippen LogP contribution >= 0.6 is 34.7 Å². The number of halogens is 1. The van der Waals surface area contributed by atoms with Crippen LogP contribution in [0.3, 0.4) is 0 Å². The molecule has 1 heterocycles. The minimum Gasteiger partial charge on any atom is -0.350 e. The molecule has 0 spiro atoms. The highest BCUT2D eigenvalue weighted by molar-refractivity contribution is 8.01. The van der Waals surface area contributed by atoms with Gasteiger partial charge in [0.2, 0.25) is 0 Å². The fraction of sp³-hybridized carbons (Fsp3) is 0.190. The topological polar surface area (TPSA) is 114 Å². The van der Waals surface area contributed by atoms with Gasteiger partial charge in [-0.3, -0.25) is 19.7 Å². The highest BCUT2D eigenvalue weighted by atomic mass is 35.5. The van der Waals surface area contributed by atoms with Gasteiger partial charge in [0.15, 0.2) is 4.34 Å². The van der Waals surface area contributed by atoms with E-state index in [1.54, 1.807) is 6.07 Å². The van der Waals surface area contributed by atoms with Gasteiger partial charge in [-0.1, -0.05) is 23.4 Å². The Morgan fingerprint density at radius 3 is 2.47 bits per heavy atom. The Kier molecular flexibility index (Phi) is 7.49. The molecule has 0 atom stereocenters. The molecule has 0 aliphatic heterocycles. The molecule has 2 aromatic carbocycles. The van der Waals surface area contributed by atoms with Crippen LogP contribution in [0, 0.1) is 17.0 Å². The van der Waals surface area contributed by atoms with Gasteiger partial charge in [-0.25, -0.2) is 4.98 Å². The van der Waals surface area contributed by atoms with Crippen LogP contribution in [0.5, 0.6) is 0 Å². The molecule has 0 saturated carbocycles. The summed E-state index contributed by atoms with van der Waals surface area (Å²) < 4.78 is 0.672. The van der Waals surface area contributed by atoms with Crippen molar-refractivity contribution in [3.8, 4) is 0 Å². The minimum absolute atomic E-state index is 0.0542. The molecular weight excluding hydrogens is 472 g/mol. The van der Waals surface area contributed by atoms with Gasteiger partial charge in [-0.15, -0.1) is 11.3 Å². The fourth-order valence-electron chi connectivity index (χ4n) is 2.66. The minimum atomic E-state index is -0.585. The number of nitro benzene ring substituents is 1. The summed E-state index contributed by atoms with van der Waals surface area (Å²) in [5, 5.41) is 19.1. The number of rotatable bonds is 7. The number of anilines is 1. The lowest BCUT2D eigenvalue weighted by Crippen LogP contribution is -2.30. The van der Waals surface area contributed by atoms with E-state index in [2.05, 4.69) is 15.6 Å². The number of amides is 2. The first-order valence-corrected chi connectivity index (χ1v) is 11.5. The molecule has 0 aliphatic rings. The molecule has 2 N–H and O–H groups in total. The van der Waals surface area contributed by atoms with E-state index in [9.17, 15) is 19.7 Å². The number of thiazole rings is 1. The maximum Gasteiger partial charge on any atom is 0.284 e. The normalized spacial score (nSPS) is 10.8. The summed E-state index contributed by atoms with van der Waals surface area (Å²) in [4.78, 5) is 40.7. The van der Waals surface area contributed by atoms with E-state index in [0.29, 0.717) is 14.8 Å². The van der Waals surface area contributed by atoms with E-state index in [1.807, 2.05) is 26.2 Å². The summed E-state index contributed by atoms with van der Waals surface area (Å²) in [7, 11) is 0. The Bertz CT molecular complexity index is 1200. The molecule has 3 rings (SSSR count). The van der Waals surface area contributed by atoms with E-state index < -0.39 is 10.8 Å². The average Bonchev–Trinajstić information content (AvgIpc) is 3.13. The lowest BCUT2D eigenvalue weighted by Gasteiger charge is -2.12. The molecule has 166 valence electrons. The molecule has 2 amide bonds. The molecule has 0 unspecified atom stereocenters. The molecule has 3 aromatic rings. The first-order valence-electron chi connectivity index (χ1n) is 9.44. The maximum absolute atomic E-state index is 12.8. The van der Waals surface area contributed by atoms with Crippen molar-refractivity contribution in [1.29, 1.82) is 0 Å². The van der Waals surface area contributed by atoms with Crippen LogP contribution in [0.15, 0.2) is 51.0 Å². The Labute approximate surface area is 197 Å². The summed E-state index contributed by atoms with van der Waals surface area (Å²) in [5.41, 5.74) is 1.27. The Balaban J connectivity index is 1.84. The Morgan fingerprint density at radius 2 is 1.84 bits per heavy atom. The summed E-state index contributed by atoms with van der Waals surface area (Å²) in [6.07, 6.45) is 0. The van der Waals surface area contributed by atoms with Crippen molar-refractivity contribution in [3.63, 3.8) is 0 Å². The van der Waals surface area contributed by atoms with Gasteiger partial charge < -0.3 is 10.6 Å². The SMILES string of the molecule is Cc1csc(Sc2ccc(C(=O)Nc3cc(C(=O)NC(C)C)ccc3Cl)cc2[N+](=O)[O-])n1. The van der Waals surface area contributed by atoms with E-state index in [-0.39, 0.29) is 33.9 Å². The predicted octanol–water partition coefficient (Wildman–Crippen LogP) is 5.55. The molecular formula is C21H19ClN4O4S2. The molecule has 11 heteroatoms. The number of aromatic nitrogens is 1. The summed E-state index contributed by atoms with van der Waals surface area (Å²) in [6.45, 7) is 5.51. The number of nitrogens with zero attached hydrogens (tertiary/aromatic N) is 2. The largest absolute Gasteiger partial charge is 0.350 e. The number of hydrogen-bond donors (Lipinski definition) is 2. The quantitative estimate of drug-likeness (QED) is 0.331. The molecule has 0 aliphatic carbocycles. The van der Waals surface area contributed by atoms with Crippen LogP contribution in [0.2, 0.25) is 5.02 Å². The zero-order chi connectivity index (χ0) is 23.4. The van der Waals surface area contributed by atoms with Gasteiger partial charge in [0.05, 0.1) is 20.5 Å². The van der Waals surface area contributed by atoms with Crippen molar-refractivity contribution < 1.29 is 14.5 Å². The summed E-state index contributed by atoms with van der Waals surface area (Å²) in [5.74, 6) is -0.889. The number of aryl methyl sites for hydroxylation is 1. The van der Waals surface area contributed by atoms with Gasteiger partial charge in [0.25, 0.3) is 17.5 Å². The van der Waals surface area contributed by atoms with Gasteiger partial charge in [0, 0.05) is 34.3 Å². The first-order chi connectivity index (χ1) is 15.1. The van der Waals surface area contributed by atoms with Gasteiger partial charge in [-0.2, -0.15) is 0 Å². The summed E-state index contributed by atoms with van der Waals surface area (Å²) >= 11 is 8.73. The van der Waals surface area contributed by atoms with Crippen molar-refractivity contribution in [2.45, 2.75) is 36.0 Å². The van der Waals surface area contributed by atoms with E-state index in [0.717, 1.165) is 5.69 Å². The smallest absolute Gasteiger partial charge is 0.284 e. The highest BCUT2D eigenvalue weighted by Crippen LogP contribution is 2.37. The molecule has 0 saturated heterocycles. The lowest BCUT2D eigenvalue weighted by atomic mass is 10.1. The van der Waals surface area contributed by atoms with E-state index in [4.69, 9.17) is 11.6 Å². The fourth-order valence-corrected chi connectivity index (χ4v) is 4.71. The number of nitrogens with one attached hydrogen (secondary N) is 2. The Morgan fingerprint density at radius 1 is 1.16 bits per heavy atom. The zero-order valence-corrected chi connectivity index (χ0v) is 19.7. The zero-order valence-electron chi connectivity index (χ0n) is 17.3. The maximum atomic E-state index is 12.8. The van der Waals surface area contributed by atoms with E-state index >= 15 is 0 Å². The van der Waals surface area contributed by atoms with Crippen molar-refractivity contribution in [2.75, 3.05) is 5.32 Å². The third-order valence-electron chi connectivity index (χ3n) is 4.11. The van der Waals surface area contributed by atoms with Crippen LogP contribution in [0.4, 0.5) is 11.4 Å². The number of benzene rings is 2. The average molecular weight is 491 g/mol. The van der Waals surface area contributed by atoms with Gasteiger partial charge in [-0.05, 0) is 51.1 Å². The van der Waals surface area contributed by atoms with Crippen molar-refractivity contribution in [2.24, 2.45) is 0 Å². The molecule has 32 heavy (non-hydrogen) atoms. The first kappa shape index (κ1) is 23.7. The molecule has 0 radical (unpaired) electrons. The molecule has 0 bridgehead atoms. The van der Waals surface area contributed by atoms with Crippen LogP contribution in [0.25, 0.3) is 0 Å². The second-order valence-electron chi connectivity index (χ2n) is 7.07. The number of hydrogen-bond acceptors (Lipinski definition) is 7. The summed E-state index contributed by atoms with van der Waals surface area (Å²) in [6, 6.07) is 8.68. The number of carbonyl (C=O) groups excluding carboxylic acids is 2. The van der Waals surface area contributed by atoms with Gasteiger partial charge >= 0.3 is 0 Å². The third kappa shape index (κ3) is 5.84. The van der Waals surface area contributed by atoms with E-state index in [1.165, 1.54) is 53.4 Å². The van der Waals surface area contributed by atoms with Crippen LogP contribution in [-0.2, 0) is 0 Å². The number of carbonyl (C=O) groups is 2. The standard InChI is InChI=1S/C21H19ClN4O4S2/c1-11(2)23-19(27)13-4-6-15(22)16(8-13)25-20(28)14-5-7-18(17(9-14)26(29)30)32-21-24-12(3)10-31-21/h4-11H,1-3H3,(H,23,27)(H,25,28).